The van der Waals surface area contributed by atoms with Gasteiger partial charge in [0.1, 0.15) is 17.4 Å². The summed E-state index contributed by atoms with van der Waals surface area (Å²) in [6, 6.07) is 16.7. The second kappa shape index (κ2) is 9.49. The number of ether oxygens (including phenoxy) is 1. The maximum Gasteiger partial charge on any atom is 0.271 e. The maximum atomic E-state index is 13.4. The largest absolute Gasteiger partial charge is 0.376 e. The Kier molecular flexibility index (Phi) is 6.08. The molecular formula is C27H23N5O3. The summed E-state index contributed by atoms with van der Waals surface area (Å²) >= 11 is 0. The topological polar surface area (TPSA) is 102 Å². The summed E-state index contributed by atoms with van der Waals surface area (Å²) in [7, 11) is 0. The molecule has 0 bridgehead atoms. The van der Waals surface area contributed by atoms with Gasteiger partial charge >= 0.3 is 0 Å². The second-order valence-electron chi connectivity index (χ2n) is 8.47. The van der Waals surface area contributed by atoms with Crippen molar-refractivity contribution < 1.29 is 9.53 Å². The molecule has 1 saturated heterocycles. The average molecular weight is 466 g/mol. The van der Waals surface area contributed by atoms with Gasteiger partial charge in [-0.2, -0.15) is 10.3 Å². The highest BCUT2D eigenvalue weighted by Gasteiger charge is 2.21. The van der Waals surface area contributed by atoms with Gasteiger partial charge in [-0.3, -0.25) is 14.0 Å². The molecule has 8 heteroatoms. The molecule has 1 fully saturated rings. The van der Waals surface area contributed by atoms with E-state index in [4.69, 9.17) is 9.72 Å². The number of amides is 1. The molecule has 35 heavy (non-hydrogen) atoms. The smallest absolute Gasteiger partial charge is 0.271 e. The third-order valence-corrected chi connectivity index (χ3v) is 6.07. The number of fused-ring (bicyclic) bond motifs is 2. The monoisotopic (exact) mass is 465 g/mol. The van der Waals surface area contributed by atoms with Crippen LogP contribution in [0.25, 0.3) is 22.8 Å². The van der Waals surface area contributed by atoms with Gasteiger partial charge in [0.05, 0.1) is 23.6 Å². The predicted molar refractivity (Wildman–Crippen MR) is 131 cm³/mol. The van der Waals surface area contributed by atoms with Crippen LogP contribution in [-0.2, 0) is 16.1 Å². The third-order valence-electron chi connectivity index (χ3n) is 6.07. The summed E-state index contributed by atoms with van der Waals surface area (Å²) in [6.07, 6.45) is 6.32. The van der Waals surface area contributed by atoms with Gasteiger partial charge in [0.25, 0.3) is 11.5 Å². The quantitative estimate of drug-likeness (QED) is 0.340. The number of carbonyl (C=O) groups excluding carboxylic acids is 1. The zero-order valence-electron chi connectivity index (χ0n) is 19.2. The zero-order valence-corrected chi connectivity index (χ0v) is 19.2. The fourth-order valence-corrected chi connectivity index (χ4v) is 4.33. The van der Waals surface area contributed by atoms with Crippen LogP contribution in [0, 0.1) is 18.3 Å². The van der Waals surface area contributed by atoms with Crippen molar-refractivity contribution in [3.63, 3.8) is 0 Å². The highest BCUT2D eigenvalue weighted by Crippen LogP contribution is 2.17. The summed E-state index contributed by atoms with van der Waals surface area (Å²) < 4.78 is 8.99. The number of nitriles is 1. The summed E-state index contributed by atoms with van der Waals surface area (Å²) in [5, 5.41) is 10.2. The van der Waals surface area contributed by atoms with Gasteiger partial charge in [-0.15, -0.1) is 0 Å². The first-order valence-corrected chi connectivity index (χ1v) is 11.4. The van der Waals surface area contributed by atoms with E-state index in [-0.39, 0.29) is 28.1 Å². The van der Waals surface area contributed by atoms with E-state index in [2.05, 4.69) is 11.1 Å². The molecular weight excluding hydrogens is 442 g/mol. The van der Waals surface area contributed by atoms with Gasteiger partial charge in [-0.05, 0) is 49.1 Å². The first-order valence-electron chi connectivity index (χ1n) is 11.4. The van der Waals surface area contributed by atoms with E-state index < -0.39 is 5.91 Å². The Morgan fingerprint density at radius 1 is 1.26 bits per heavy atom. The molecule has 1 aliphatic heterocycles. The van der Waals surface area contributed by atoms with E-state index >= 15 is 0 Å². The lowest BCUT2D eigenvalue weighted by molar-refractivity contribution is -0.113. The maximum absolute atomic E-state index is 13.4. The third kappa shape index (κ3) is 4.42. The molecule has 4 heterocycles. The van der Waals surface area contributed by atoms with Crippen LogP contribution in [0.15, 0.2) is 70.6 Å². The Morgan fingerprint density at radius 3 is 2.83 bits per heavy atom. The lowest BCUT2D eigenvalue weighted by Crippen LogP contribution is -2.32. The number of aryl methyl sites for hydroxylation is 1. The highest BCUT2D eigenvalue weighted by atomic mass is 16.5. The highest BCUT2D eigenvalue weighted by molar-refractivity contribution is 5.92. The Morgan fingerprint density at radius 2 is 2.09 bits per heavy atom. The second-order valence-corrected chi connectivity index (χ2v) is 8.47. The molecule has 3 aromatic heterocycles. The zero-order chi connectivity index (χ0) is 24.4. The number of benzene rings is 1. The first-order chi connectivity index (χ1) is 17.0. The van der Waals surface area contributed by atoms with Gasteiger partial charge in [-0.25, -0.2) is 4.98 Å². The van der Waals surface area contributed by atoms with E-state index in [1.54, 1.807) is 22.9 Å². The van der Waals surface area contributed by atoms with Gasteiger partial charge in [0.15, 0.2) is 5.49 Å². The van der Waals surface area contributed by atoms with Crippen molar-refractivity contribution in [2.45, 2.75) is 32.4 Å². The van der Waals surface area contributed by atoms with Crippen LogP contribution in [0.4, 0.5) is 0 Å². The molecule has 174 valence electrons. The molecule has 1 aliphatic rings. The van der Waals surface area contributed by atoms with E-state index in [9.17, 15) is 14.9 Å². The number of hydrogen-bond donors (Lipinski definition) is 0. The Balaban J connectivity index is 1.76. The Bertz CT molecular complexity index is 1640. The minimum Gasteiger partial charge on any atom is -0.376 e. The Labute approximate surface area is 201 Å². The van der Waals surface area contributed by atoms with Crippen molar-refractivity contribution in [3.05, 3.63) is 93.3 Å². The number of rotatable bonds is 4. The van der Waals surface area contributed by atoms with Gasteiger partial charge in [0, 0.05) is 18.9 Å². The summed E-state index contributed by atoms with van der Waals surface area (Å²) in [6.45, 7) is 2.85. The SMILES string of the molecule is Cc1cccn2c(=O)c3cc(C#N)c(=NC(=O)/C=C/c4ccccc4)n(C[C@@H]4CCCO4)c3nc12. The van der Waals surface area contributed by atoms with Gasteiger partial charge in [0.2, 0.25) is 0 Å². The van der Waals surface area contributed by atoms with Crippen LogP contribution < -0.4 is 11.0 Å². The van der Waals surface area contributed by atoms with E-state index in [1.165, 1.54) is 16.5 Å². The molecule has 0 unspecified atom stereocenters. The fourth-order valence-electron chi connectivity index (χ4n) is 4.33. The van der Waals surface area contributed by atoms with Gasteiger partial charge in [-0.1, -0.05) is 36.4 Å². The molecule has 0 spiro atoms. The predicted octanol–water partition coefficient (Wildman–Crippen LogP) is 3.15. The lowest BCUT2D eigenvalue weighted by atomic mass is 10.2. The van der Waals surface area contributed by atoms with Crippen LogP contribution in [0.2, 0.25) is 0 Å². The van der Waals surface area contributed by atoms with Crippen LogP contribution in [0.5, 0.6) is 0 Å². The molecule has 0 saturated carbocycles. The molecule has 0 N–H and O–H groups in total. The van der Waals surface area contributed by atoms with Crippen LogP contribution in [-0.4, -0.2) is 32.6 Å². The van der Waals surface area contributed by atoms with Crippen molar-refractivity contribution in [1.82, 2.24) is 14.0 Å². The van der Waals surface area contributed by atoms with E-state index in [0.717, 1.165) is 24.0 Å². The summed E-state index contributed by atoms with van der Waals surface area (Å²) in [5.41, 5.74) is 2.59. The van der Waals surface area contributed by atoms with Crippen molar-refractivity contribution in [1.29, 1.82) is 5.26 Å². The minimum absolute atomic E-state index is 0.127. The minimum atomic E-state index is -0.514. The van der Waals surface area contributed by atoms with Crippen molar-refractivity contribution in [2.75, 3.05) is 6.61 Å². The first kappa shape index (κ1) is 22.4. The molecule has 5 rings (SSSR count). The number of hydrogen-bond acceptors (Lipinski definition) is 5. The fraction of sp³-hybridized carbons (Fsp3) is 0.222. The molecule has 1 amide bonds. The van der Waals surface area contributed by atoms with Gasteiger partial charge < -0.3 is 9.30 Å². The number of carbonyl (C=O) groups is 1. The average Bonchev–Trinajstić information content (AvgIpc) is 3.39. The normalized spacial score (nSPS) is 16.3. The molecule has 1 atom stereocenters. The molecule has 0 aliphatic carbocycles. The van der Waals surface area contributed by atoms with Crippen LogP contribution in [0.3, 0.4) is 0 Å². The molecule has 1 aromatic carbocycles. The molecule has 0 radical (unpaired) electrons. The van der Waals surface area contributed by atoms with E-state index in [0.29, 0.717) is 24.4 Å². The molecule has 4 aromatic rings. The Hall–Kier alpha value is -4.35. The summed E-state index contributed by atoms with van der Waals surface area (Å²) in [5.74, 6) is -0.514. The number of pyridine rings is 2. The van der Waals surface area contributed by atoms with Crippen LogP contribution >= 0.6 is 0 Å². The van der Waals surface area contributed by atoms with Crippen molar-refractivity contribution >= 4 is 28.7 Å². The standard InChI is InChI=1S/C27H23N5O3/c1-18-7-5-13-31-24(18)30-26-22(27(31)34)15-20(16-28)25(32(26)17-21-10-6-14-35-21)29-23(33)12-11-19-8-3-2-4-9-19/h2-5,7-9,11-13,15,21H,6,10,14,17H2,1H3/b12-11+,29-25?/t21-/m0/s1. The summed E-state index contributed by atoms with van der Waals surface area (Å²) in [4.78, 5) is 35.2. The van der Waals surface area contributed by atoms with Crippen molar-refractivity contribution in [2.24, 2.45) is 4.99 Å². The molecule has 8 nitrogen and oxygen atoms in total. The number of nitrogens with zero attached hydrogens (tertiary/aromatic N) is 5. The van der Waals surface area contributed by atoms with Crippen molar-refractivity contribution in [3.8, 4) is 6.07 Å². The lowest BCUT2D eigenvalue weighted by Gasteiger charge is -2.17. The van der Waals surface area contributed by atoms with Crippen LogP contribution in [0.1, 0.15) is 29.5 Å². The number of aromatic nitrogens is 3. The van der Waals surface area contributed by atoms with E-state index in [1.807, 2.05) is 43.3 Å².